The number of aromatic hydroxyl groups is 3. The highest BCUT2D eigenvalue weighted by Gasteiger charge is 2.31. The Hall–Kier alpha value is -3.52. The minimum Gasteiger partial charge on any atom is -0.507 e. The monoisotopic (exact) mass is 411 g/mol. The molecule has 0 spiro atoms. The van der Waals surface area contributed by atoms with Crippen LogP contribution >= 0.6 is 0 Å². The third-order valence-electron chi connectivity index (χ3n) is 5.07. The van der Waals surface area contributed by atoms with Crippen molar-refractivity contribution in [1.82, 2.24) is 9.80 Å². The van der Waals surface area contributed by atoms with Crippen LogP contribution in [-0.2, 0) is 17.9 Å². The van der Waals surface area contributed by atoms with Gasteiger partial charge in [-0.2, -0.15) is 0 Å². The van der Waals surface area contributed by atoms with Gasteiger partial charge in [-0.3, -0.25) is 9.59 Å². The molecule has 0 atom stereocenters. The summed E-state index contributed by atoms with van der Waals surface area (Å²) < 4.78 is 0. The van der Waals surface area contributed by atoms with Gasteiger partial charge in [0.05, 0.1) is 0 Å². The van der Waals surface area contributed by atoms with Crippen molar-refractivity contribution in [3.8, 4) is 17.2 Å². The molecule has 0 aromatic heterocycles. The maximum absolute atomic E-state index is 13.0. The molecule has 0 saturated carbocycles. The van der Waals surface area contributed by atoms with E-state index >= 15 is 0 Å². The fraction of sp³-hybridized carbons (Fsp3) is 0.273. The van der Waals surface area contributed by atoms with Gasteiger partial charge in [0.15, 0.2) is 0 Å². The second kappa shape index (κ2) is 8.08. The number of rotatable bonds is 5. The minimum atomic E-state index is -0.571. The smallest absolute Gasteiger partial charge is 0.262 e. The molecular formula is C22H25N3O5. The van der Waals surface area contributed by atoms with Crippen LogP contribution in [0.5, 0.6) is 17.2 Å². The molecular weight excluding hydrogens is 386 g/mol. The first-order valence-corrected chi connectivity index (χ1v) is 9.38. The minimum absolute atomic E-state index is 0.111. The SMILES string of the molecule is C=C(CN(C)C)C(=O)Nc1cccc2c1CN(C(=O)c1c(O)cc(O)c(C)c1O)C2. The van der Waals surface area contributed by atoms with Crippen molar-refractivity contribution < 1.29 is 24.9 Å². The zero-order chi connectivity index (χ0) is 22.2. The lowest BCUT2D eigenvalue weighted by Crippen LogP contribution is -2.26. The fourth-order valence-corrected chi connectivity index (χ4v) is 3.46. The fourth-order valence-electron chi connectivity index (χ4n) is 3.46. The van der Waals surface area contributed by atoms with Gasteiger partial charge in [0.25, 0.3) is 11.8 Å². The van der Waals surface area contributed by atoms with Crippen molar-refractivity contribution >= 4 is 17.5 Å². The van der Waals surface area contributed by atoms with Crippen LogP contribution in [0.2, 0.25) is 0 Å². The summed E-state index contributed by atoms with van der Waals surface area (Å²) in [5, 5.41) is 33.0. The maximum Gasteiger partial charge on any atom is 0.262 e. The molecule has 2 amide bonds. The molecule has 158 valence electrons. The van der Waals surface area contributed by atoms with Gasteiger partial charge in [0.1, 0.15) is 22.8 Å². The Morgan fingerprint density at radius 1 is 1.17 bits per heavy atom. The second-order valence-corrected chi connectivity index (χ2v) is 7.66. The molecule has 1 aliphatic heterocycles. The molecule has 0 bridgehead atoms. The number of carbonyl (C=O) groups excluding carboxylic acids is 2. The van der Waals surface area contributed by atoms with E-state index in [4.69, 9.17) is 0 Å². The number of hydrogen-bond donors (Lipinski definition) is 4. The predicted octanol–water partition coefficient (Wildman–Crippen LogP) is 2.32. The highest BCUT2D eigenvalue weighted by molar-refractivity contribution is 6.04. The third-order valence-corrected chi connectivity index (χ3v) is 5.07. The molecule has 1 heterocycles. The molecule has 2 aromatic rings. The molecule has 0 aliphatic carbocycles. The van der Waals surface area contributed by atoms with Gasteiger partial charge < -0.3 is 30.4 Å². The van der Waals surface area contributed by atoms with Crippen molar-refractivity contribution in [2.24, 2.45) is 0 Å². The van der Waals surface area contributed by atoms with Crippen LogP contribution in [0.3, 0.4) is 0 Å². The number of amides is 2. The maximum atomic E-state index is 13.0. The number of nitrogens with one attached hydrogen (secondary N) is 1. The molecule has 8 nitrogen and oxygen atoms in total. The molecule has 4 N–H and O–H groups in total. The van der Waals surface area contributed by atoms with E-state index in [-0.39, 0.29) is 35.9 Å². The molecule has 0 saturated heterocycles. The van der Waals surface area contributed by atoms with Crippen LogP contribution in [0.4, 0.5) is 5.69 Å². The summed E-state index contributed by atoms with van der Waals surface area (Å²) in [7, 11) is 3.69. The normalized spacial score (nSPS) is 12.7. The largest absolute Gasteiger partial charge is 0.507 e. The lowest BCUT2D eigenvalue weighted by Gasteiger charge is -2.18. The second-order valence-electron chi connectivity index (χ2n) is 7.66. The Morgan fingerprint density at radius 2 is 1.87 bits per heavy atom. The van der Waals surface area contributed by atoms with Crippen molar-refractivity contribution in [2.75, 3.05) is 26.0 Å². The van der Waals surface area contributed by atoms with E-state index in [1.807, 2.05) is 25.1 Å². The number of phenolic OH excluding ortho intramolecular Hbond substituents is 3. The van der Waals surface area contributed by atoms with Crippen molar-refractivity contribution in [2.45, 2.75) is 20.0 Å². The van der Waals surface area contributed by atoms with E-state index in [0.29, 0.717) is 17.8 Å². The van der Waals surface area contributed by atoms with Gasteiger partial charge in [0.2, 0.25) is 0 Å². The first-order chi connectivity index (χ1) is 14.1. The topological polar surface area (TPSA) is 113 Å². The van der Waals surface area contributed by atoms with E-state index in [9.17, 15) is 24.9 Å². The van der Waals surface area contributed by atoms with E-state index in [2.05, 4.69) is 11.9 Å². The average molecular weight is 411 g/mol. The van der Waals surface area contributed by atoms with Crippen LogP contribution in [0.15, 0.2) is 36.4 Å². The number of carbonyl (C=O) groups is 2. The Bertz CT molecular complexity index is 1050. The number of hydrogen-bond acceptors (Lipinski definition) is 6. The van der Waals surface area contributed by atoms with Crippen LogP contribution in [0.1, 0.15) is 27.0 Å². The number of anilines is 1. The van der Waals surface area contributed by atoms with Crippen LogP contribution in [0, 0.1) is 6.92 Å². The van der Waals surface area contributed by atoms with Gasteiger partial charge >= 0.3 is 0 Å². The van der Waals surface area contributed by atoms with Crippen LogP contribution in [0.25, 0.3) is 0 Å². The number of phenols is 3. The summed E-state index contributed by atoms with van der Waals surface area (Å²) in [4.78, 5) is 28.7. The molecule has 1 aliphatic rings. The van der Waals surface area contributed by atoms with Crippen LogP contribution in [-0.4, -0.2) is 57.6 Å². The van der Waals surface area contributed by atoms with Crippen LogP contribution < -0.4 is 5.32 Å². The van der Waals surface area contributed by atoms with Gasteiger partial charge in [-0.15, -0.1) is 0 Å². The summed E-state index contributed by atoms with van der Waals surface area (Å²) in [5.74, 6) is -2.12. The number of nitrogens with zero attached hydrogens (tertiary/aromatic N) is 2. The Labute approximate surface area is 174 Å². The van der Waals surface area contributed by atoms with Crippen molar-refractivity contribution in [1.29, 1.82) is 0 Å². The Morgan fingerprint density at radius 3 is 2.53 bits per heavy atom. The molecule has 30 heavy (non-hydrogen) atoms. The van der Waals surface area contributed by atoms with E-state index < -0.39 is 17.4 Å². The standard InChI is InChI=1S/C22H25N3O5/c1-12(9-24(3)4)21(29)23-16-7-5-6-14-10-25(11-15(14)16)22(30)19-18(27)8-17(26)13(2)20(19)28/h5-8,26-28H,1,9-11H2,2-4H3,(H,23,29). The summed E-state index contributed by atoms with van der Waals surface area (Å²) in [6, 6.07) is 6.44. The van der Waals surface area contributed by atoms with Gasteiger partial charge in [-0.1, -0.05) is 18.7 Å². The van der Waals surface area contributed by atoms with Crippen molar-refractivity contribution in [3.05, 3.63) is 58.7 Å². The summed E-state index contributed by atoms with van der Waals surface area (Å²) in [5.41, 5.74) is 2.49. The molecule has 8 heteroatoms. The average Bonchev–Trinajstić information content (AvgIpc) is 3.11. The molecule has 0 fully saturated rings. The molecule has 0 unspecified atom stereocenters. The Kier molecular flexibility index (Phi) is 5.71. The van der Waals surface area contributed by atoms with Crippen molar-refractivity contribution in [3.63, 3.8) is 0 Å². The zero-order valence-corrected chi connectivity index (χ0v) is 17.2. The predicted molar refractivity (Wildman–Crippen MR) is 113 cm³/mol. The first-order valence-electron chi connectivity index (χ1n) is 9.38. The zero-order valence-electron chi connectivity index (χ0n) is 17.2. The van der Waals surface area contributed by atoms with Gasteiger partial charge in [0, 0.05) is 48.1 Å². The Balaban J connectivity index is 1.84. The third kappa shape index (κ3) is 3.95. The van der Waals surface area contributed by atoms with E-state index in [1.54, 1.807) is 12.1 Å². The summed E-state index contributed by atoms with van der Waals surface area (Å²) in [6.45, 7) is 6.14. The quantitative estimate of drug-likeness (QED) is 0.562. The molecule has 2 aromatic carbocycles. The molecule has 3 rings (SSSR count). The lowest BCUT2D eigenvalue weighted by atomic mass is 10.1. The number of likely N-dealkylation sites (N-methyl/N-ethyl adjacent to an activating group) is 1. The first kappa shape index (κ1) is 21.2. The van der Waals surface area contributed by atoms with Gasteiger partial charge in [-0.25, -0.2) is 0 Å². The summed E-state index contributed by atoms with van der Waals surface area (Å²) in [6.07, 6.45) is 0. The highest BCUT2D eigenvalue weighted by atomic mass is 16.3. The van der Waals surface area contributed by atoms with E-state index in [1.165, 1.54) is 11.8 Å². The van der Waals surface area contributed by atoms with E-state index in [0.717, 1.165) is 17.2 Å². The summed E-state index contributed by atoms with van der Waals surface area (Å²) >= 11 is 0. The number of benzene rings is 2. The highest BCUT2D eigenvalue weighted by Crippen LogP contribution is 2.39. The molecule has 0 radical (unpaired) electrons. The van der Waals surface area contributed by atoms with Gasteiger partial charge in [-0.05, 0) is 32.6 Å². The lowest BCUT2D eigenvalue weighted by molar-refractivity contribution is -0.113. The number of fused-ring (bicyclic) bond motifs is 1.